The average molecular weight is 504 g/mol. The first-order valence-corrected chi connectivity index (χ1v) is 12.0. The molecule has 1 aromatic carbocycles. The van der Waals surface area contributed by atoms with Gasteiger partial charge in [-0.25, -0.2) is 17.5 Å². The Morgan fingerprint density at radius 2 is 1.73 bits per heavy atom. The first kappa shape index (κ1) is 25.7. The molecule has 2 aliphatic rings. The van der Waals surface area contributed by atoms with E-state index in [0.717, 1.165) is 6.07 Å². The van der Waals surface area contributed by atoms with Crippen LogP contribution >= 0.6 is 0 Å². The number of hydrogen-bond donors (Lipinski definition) is 1. The molecule has 1 aliphatic heterocycles. The van der Waals surface area contributed by atoms with E-state index in [4.69, 9.17) is 0 Å². The lowest BCUT2D eigenvalue weighted by Gasteiger charge is -2.35. The number of benzene rings is 1. The second kappa shape index (κ2) is 8.71. The summed E-state index contributed by atoms with van der Waals surface area (Å²) in [6, 6.07) is 1.87. The van der Waals surface area contributed by atoms with Crippen molar-refractivity contribution in [3.8, 4) is 0 Å². The Kier molecular flexibility index (Phi) is 6.79. The standard InChI is InChI=1S/C20H23F7N2O3S/c1-2-28-33(31,32)10-8-17(30)29-9-7-15-14-5-4-13(11-12(14)3-6-16(15)29)18(21,19(22,23)24)20(25,26)27/h4-5,11,15-16,28H,2-3,6-10H2,1H3/t15-,16+/m0/s1. The lowest BCUT2D eigenvalue weighted by molar-refractivity contribution is -0.348. The smallest absolute Gasteiger partial charge is 0.339 e. The topological polar surface area (TPSA) is 66.5 Å². The van der Waals surface area contributed by atoms with Crippen LogP contribution in [0, 0.1) is 0 Å². The van der Waals surface area contributed by atoms with Gasteiger partial charge in [0, 0.05) is 37.0 Å². The van der Waals surface area contributed by atoms with Crippen LogP contribution < -0.4 is 4.72 Å². The van der Waals surface area contributed by atoms with Gasteiger partial charge in [0.25, 0.3) is 0 Å². The zero-order valence-electron chi connectivity index (χ0n) is 17.6. The highest BCUT2D eigenvalue weighted by atomic mass is 32.2. The second-order valence-corrected chi connectivity index (χ2v) is 10.1. The molecule has 0 spiro atoms. The second-order valence-electron chi connectivity index (χ2n) is 8.22. The van der Waals surface area contributed by atoms with Gasteiger partial charge in [0.2, 0.25) is 15.9 Å². The summed E-state index contributed by atoms with van der Waals surface area (Å²) in [4.78, 5) is 14.1. The quantitative estimate of drug-likeness (QED) is 0.597. The number of carbonyl (C=O) groups excluding carboxylic acids is 1. The molecule has 0 aromatic heterocycles. The number of hydrogen-bond acceptors (Lipinski definition) is 3. The Morgan fingerprint density at radius 3 is 2.30 bits per heavy atom. The number of amides is 1. The fraction of sp³-hybridized carbons (Fsp3) is 0.650. The van der Waals surface area contributed by atoms with Gasteiger partial charge in [-0.3, -0.25) is 4.79 Å². The van der Waals surface area contributed by atoms with E-state index in [1.165, 1.54) is 4.90 Å². The summed E-state index contributed by atoms with van der Waals surface area (Å²) in [5.41, 5.74) is -6.33. The van der Waals surface area contributed by atoms with E-state index < -0.39 is 33.6 Å². The van der Waals surface area contributed by atoms with Crippen molar-refractivity contribution in [2.45, 2.75) is 62.6 Å². The summed E-state index contributed by atoms with van der Waals surface area (Å²) >= 11 is 0. The Labute approximate surface area is 186 Å². The van der Waals surface area contributed by atoms with E-state index in [1.54, 1.807) is 6.92 Å². The fourth-order valence-corrected chi connectivity index (χ4v) is 5.76. The predicted octanol–water partition coefficient (Wildman–Crippen LogP) is 3.94. The number of nitrogens with one attached hydrogen (secondary N) is 1. The van der Waals surface area contributed by atoms with E-state index in [1.807, 2.05) is 0 Å². The van der Waals surface area contributed by atoms with Crippen molar-refractivity contribution >= 4 is 15.9 Å². The van der Waals surface area contributed by atoms with E-state index in [0.29, 0.717) is 24.1 Å². The maximum Gasteiger partial charge on any atom is 0.435 e. The van der Waals surface area contributed by atoms with Gasteiger partial charge in [-0.05, 0) is 30.4 Å². The molecule has 0 saturated carbocycles. The van der Waals surface area contributed by atoms with E-state index in [-0.39, 0.29) is 61.5 Å². The summed E-state index contributed by atoms with van der Waals surface area (Å²) in [5.74, 6) is -1.11. The molecule has 0 bridgehead atoms. The molecule has 13 heteroatoms. The van der Waals surface area contributed by atoms with Crippen molar-refractivity contribution in [2.75, 3.05) is 18.8 Å². The Morgan fingerprint density at radius 1 is 1.09 bits per heavy atom. The van der Waals surface area contributed by atoms with Gasteiger partial charge in [-0.1, -0.05) is 25.1 Å². The van der Waals surface area contributed by atoms with Crippen LogP contribution in [0.2, 0.25) is 0 Å². The molecule has 5 nitrogen and oxygen atoms in total. The number of halogens is 7. The summed E-state index contributed by atoms with van der Waals surface area (Å²) in [5, 5.41) is 0. The SMILES string of the molecule is CCNS(=O)(=O)CCC(=O)N1CC[C@H]2c3ccc(C(F)(C(F)(F)F)C(F)(F)F)cc3CC[C@H]21. The summed E-state index contributed by atoms with van der Waals surface area (Å²) in [6.45, 7) is 2.08. The molecule has 33 heavy (non-hydrogen) atoms. The molecule has 2 atom stereocenters. The lowest BCUT2D eigenvalue weighted by Crippen LogP contribution is -2.50. The minimum absolute atomic E-state index is 0.0651. The Bertz CT molecular complexity index is 994. The number of aryl methyl sites for hydroxylation is 1. The zero-order chi connectivity index (χ0) is 24.8. The van der Waals surface area contributed by atoms with Crippen LogP contribution in [0.5, 0.6) is 0 Å². The Hall–Kier alpha value is -1.89. The molecule has 1 saturated heterocycles. The molecule has 1 aliphatic carbocycles. The van der Waals surface area contributed by atoms with Crippen molar-refractivity contribution in [3.63, 3.8) is 0 Å². The Balaban J connectivity index is 1.82. The van der Waals surface area contributed by atoms with Crippen LogP contribution in [0.15, 0.2) is 18.2 Å². The number of nitrogens with zero attached hydrogens (tertiary/aromatic N) is 1. The number of likely N-dealkylation sites (tertiary alicyclic amines) is 1. The summed E-state index contributed by atoms with van der Waals surface area (Å²) in [7, 11) is -3.59. The van der Waals surface area contributed by atoms with Crippen LogP contribution in [0.3, 0.4) is 0 Å². The predicted molar refractivity (Wildman–Crippen MR) is 105 cm³/mol. The number of alkyl halides is 7. The van der Waals surface area contributed by atoms with Gasteiger partial charge in [0.05, 0.1) is 5.75 Å². The monoisotopic (exact) mass is 504 g/mol. The molecule has 1 aromatic rings. The number of sulfonamides is 1. The molecule has 186 valence electrons. The molecule has 1 fully saturated rings. The van der Waals surface area contributed by atoms with Crippen LogP contribution in [0.25, 0.3) is 0 Å². The maximum atomic E-state index is 14.4. The van der Waals surface area contributed by atoms with Crippen LogP contribution in [-0.2, 0) is 26.9 Å². The molecule has 1 heterocycles. The van der Waals surface area contributed by atoms with Crippen LogP contribution in [0.4, 0.5) is 30.7 Å². The van der Waals surface area contributed by atoms with Crippen molar-refractivity contribution < 1.29 is 43.9 Å². The molecule has 0 radical (unpaired) electrons. The molecule has 0 unspecified atom stereocenters. The first-order chi connectivity index (χ1) is 15.1. The van der Waals surface area contributed by atoms with Gasteiger partial charge in [0.1, 0.15) is 0 Å². The number of fused-ring (bicyclic) bond motifs is 3. The van der Waals surface area contributed by atoms with Crippen LogP contribution in [-0.4, -0.2) is 56.5 Å². The van der Waals surface area contributed by atoms with Gasteiger partial charge in [-0.15, -0.1) is 0 Å². The molecule has 3 rings (SSSR count). The van der Waals surface area contributed by atoms with E-state index in [9.17, 15) is 43.9 Å². The maximum absolute atomic E-state index is 14.4. The summed E-state index contributed by atoms with van der Waals surface area (Å²) in [6.07, 6.45) is -11.9. The average Bonchev–Trinajstić information content (AvgIpc) is 3.14. The lowest BCUT2D eigenvalue weighted by atomic mass is 9.77. The number of rotatable bonds is 6. The minimum Gasteiger partial charge on any atom is -0.339 e. The molecular formula is C20H23F7N2O3S. The third-order valence-corrected chi connectivity index (χ3v) is 7.72. The van der Waals surface area contributed by atoms with Crippen molar-refractivity contribution in [2.24, 2.45) is 0 Å². The van der Waals surface area contributed by atoms with Gasteiger partial charge < -0.3 is 4.90 Å². The fourth-order valence-electron chi connectivity index (χ4n) is 4.73. The van der Waals surface area contributed by atoms with Gasteiger partial charge >= 0.3 is 18.0 Å². The normalized spacial score (nSPS) is 21.6. The van der Waals surface area contributed by atoms with Crippen molar-refractivity contribution in [1.29, 1.82) is 0 Å². The largest absolute Gasteiger partial charge is 0.435 e. The highest BCUT2D eigenvalue weighted by molar-refractivity contribution is 7.89. The minimum atomic E-state index is -6.18. The highest BCUT2D eigenvalue weighted by Crippen LogP contribution is 2.54. The van der Waals surface area contributed by atoms with Gasteiger partial charge in [0.15, 0.2) is 0 Å². The summed E-state index contributed by atoms with van der Waals surface area (Å²) < 4.78 is 119. The first-order valence-electron chi connectivity index (χ1n) is 10.3. The van der Waals surface area contributed by atoms with Crippen molar-refractivity contribution in [3.05, 3.63) is 34.9 Å². The zero-order valence-corrected chi connectivity index (χ0v) is 18.4. The van der Waals surface area contributed by atoms with E-state index >= 15 is 0 Å². The van der Waals surface area contributed by atoms with E-state index in [2.05, 4.69) is 4.72 Å². The van der Waals surface area contributed by atoms with Crippen molar-refractivity contribution in [1.82, 2.24) is 9.62 Å². The van der Waals surface area contributed by atoms with Crippen LogP contribution in [0.1, 0.15) is 48.8 Å². The third kappa shape index (κ3) is 4.71. The third-order valence-electron chi connectivity index (χ3n) is 6.25. The molecular weight excluding hydrogens is 481 g/mol. The number of carbonyl (C=O) groups is 1. The molecule has 1 amide bonds. The highest BCUT2D eigenvalue weighted by Gasteiger charge is 2.73. The van der Waals surface area contributed by atoms with Gasteiger partial charge in [-0.2, -0.15) is 26.3 Å². The molecule has 1 N–H and O–H groups in total.